The topological polar surface area (TPSA) is 69.6 Å². The molecule has 0 spiro atoms. The van der Waals surface area contributed by atoms with Crippen LogP contribution >= 0.6 is 0 Å². The number of carboxylic acids is 1. The number of phenolic OH excluding ortho intramolecular Hbond substituents is 1. The first-order valence-corrected chi connectivity index (χ1v) is 5.61. The van der Waals surface area contributed by atoms with Gasteiger partial charge in [0.05, 0.1) is 0 Å². The van der Waals surface area contributed by atoms with Crippen LogP contribution in [0.15, 0.2) is 48.5 Å². The van der Waals surface area contributed by atoms with Crippen molar-refractivity contribution in [1.29, 1.82) is 0 Å². The maximum Gasteiger partial charge on any atom is 0.330 e. The molecule has 2 aromatic carbocycles. The van der Waals surface area contributed by atoms with Crippen LogP contribution in [-0.4, -0.2) is 16.2 Å². The average molecular weight is 261 g/mol. The highest BCUT2D eigenvalue weighted by atomic mass is 19.1. The number of nitrogens with one attached hydrogen (secondary N) is 1. The van der Waals surface area contributed by atoms with E-state index >= 15 is 0 Å². The summed E-state index contributed by atoms with van der Waals surface area (Å²) in [4.78, 5) is 11.3. The summed E-state index contributed by atoms with van der Waals surface area (Å²) in [5, 5.41) is 21.6. The molecule has 1 atom stereocenters. The lowest BCUT2D eigenvalue weighted by Gasteiger charge is -2.17. The van der Waals surface area contributed by atoms with Crippen LogP contribution in [0.5, 0.6) is 5.75 Å². The summed E-state index contributed by atoms with van der Waals surface area (Å²) in [7, 11) is 0. The Bertz CT molecular complexity index is 601. The summed E-state index contributed by atoms with van der Waals surface area (Å²) in [5.74, 6) is -1.75. The molecule has 2 aromatic rings. The van der Waals surface area contributed by atoms with Crippen molar-refractivity contribution in [1.82, 2.24) is 0 Å². The van der Waals surface area contributed by atoms with E-state index in [-0.39, 0.29) is 11.3 Å². The molecule has 0 saturated heterocycles. The fraction of sp³-hybridized carbons (Fsp3) is 0.0714. The SMILES string of the molecule is O=C(O)C(Nc1cccc(F)c1)c1ccccc1O. The number of hydrogen-bond donors (Lipinski definition) is 3. The van der Waals surface area contributed by atoms with Gasteiger partial charge in [-0.3, -0.25) is 0 Å². The minimum absolute atomic E-state index is 0.126. The highest BCUT2D eigenvalue weighted by Gasteiger charge is 2.22. The van der Waals surface area contributed by atoms with E-state index in [1.54, 1.807) is 18.2 Å². The molecule has 0 saturated carbocycles. The number of para-hydroxylation sites is 1. The number of halogens is 1. The summed E-state index contributed by atoms with van der Waals surface area (Å²) in [6.07, 6.45) is 0. The first kappa shape index (κ1) is 12.9. The molecule has 0 bridgehead atoms. The van der Waals surface area contributed by atoms with Gasteiger partial charge in [0.2, 0.25) is 0 Å². The lowest BCUT2D eigenvalue weighted by atomic mass is 10.1. The van der Waals surface area contributed by atoms with Crippen molar-refractivity contribution >= 4 is 11.7 Å². The third-order valence-electron chi connectivity index (χ3n) is 2.63. The van der Waals surface area contributed by atoms with E-state index in [2.05, 4.69) is 5.32 Å². The smallest absolute Gasteiger partial charge is 0.330 e. The van der Waals surface area contributed by atoms with Gasteiger partial charge in [-0.2, -0.15) is 0 Å². The molecule has 5 heteroatoms. The van der Waals surface area contributed by atoms with Crippen molar-refractivity contribution in [3.05, 3.63) is 59.9 Å². The minimum atomic E-state index is -1.16. The Labute approximate surface area is 109 Å². The lowest BCUT2D eigenvalue weighted by Crippen LogP contribution is -2.20. The van der Waals surface area contributed by atoms with E-state index in [1.165, 1.54) is 30.3 Å². The second kappa shape index (κ2) is 5.39. The van der Waals surface area contributed by atoms with Crippen molar-refractivity contribution in [2.45, 2.75) is 6.04 Å². The van der Waals surface area contributed by atoms with Gasteiger partial charge in [0.25, 0.3) is 0 Å². The fourth-order valence-electron chi connectivity index (χ4n) is 1.75. The molecule has 0 aliphatic carbocycles. The largest absolute Gasteiger partial charge is 0.508 e. The third-order valence-corrected chi connectivity index (χ3v) is 2.63. The quantitative estimate of drug-likeness (QED) is 0.791. The van der Waals surface area contributed by atoms with Gasteiger partial charge in [0, 0.05) is 11.3 Å². The maximum absolute atomic E-state index is 13.1. The van der Waals surface area contributed by atoms with Crippen molar-refractivity contribution in [3.63, 3.8) is 0 Å². The Balaban J connectivity index is 2.32. The Morgan fingerprint density at radius 3 is 2.53 bits per heavy atom. The summed E-state index contributed by atoms with van der Waals surface area (Å²) in [6.45, 7) is 0. The molecule has 0 aromatic heterocycles. The maximum atomic E-state index is 13.1. The van der Waals surface area contributed by atoms with Gasteiger partial charge in [0.1, 0.15) is 11.6 Å². The van der Waals surface area contributed by atoms with Gasteiger partial charge >= 0.3 is 5.97 Å². The highest BCUT2D eigenvalue weighted by molar-refractivity contribution is 5.80. The zero-order valence-corrected chi connectivity index (χ0v) is 9.88. The molecular weight excluding hydrogens is 249 g/mol. The number of hydrogen-bond acceptors (Lipinski definition) is 3. The zero-order valence-electron chi connectivity index (χ0n) is 9.88. The minimum Gasteiger partial charge on any atom is -0.508 e. The number of rotatable bonds is 4. The van der Waals surface area contributed by atoms with Gasteiger partial charge < -0.3 is 15.5 Å². The van der Waals surface area contributed by atoms with Gasteiger partial charge in [-0.1, -0.05) is 24.3 Å². The molecule has 1 unspecified atom stereocenters. The number of aromatic hydroxyl groups is 1. The van der Waals surface area contributed by atoms with Crippen LogP contribution in [0.2, 0.25) is 0 Å². The molecule has 0 aliphatic heterocycles. The highest BCUT2D eigenvalue weighted by Crippen LogP contribution is 2.27. The van der Waals surface area contributed by atoms with Crippen LogP contribution in [0.4, 0.5) is 10.1 Å². The Hall–Kier alpha value is -2.56. The number of carboxylic acid groups (broad SMARTS) is 1. The summed E-state index contributed by atoms with van der Waals surface area (Å²) >= 11 is 0. The van der Waals surface area contributed by atoms with E-state index in [0.717, 1.165) is 0 Å². The van der Waals surface area contributed by atoms with Crippen LogP contribution in [0.3, 0.4) is 0 Å². The van der Waals surface area contributed by atoms with Gasteiger partial charge in [-0.05, 0) is 24.3 Å². The standard InChI is InChI=1S/C14H12FNO3/c15-9-4-3-5-10(8-9)16-13(14(18)19)11-6-1-2-7-12(11)17/h1-8,13,16-17H,(H,18,19). The Morgan fingerprint density at radius 1 is 1.16 bits per heavy atom. The van der Waals surface area contributed by atoms with Crippen molar-refractivity contribution in [2.75, 3.05) is 5.32 Å². The summed E-state index contributed by atoms with van der Waals surface area (Å²) in [6, 6.07) is 10.5. The molecule has 0 heterocycles. The van der Waals surface area contributed by atoms with Crippen molar-refractivity contribution < 1.29 is 19.4 Å². The van der Waals surface area contributed by atoms with Gasteiger partial charge in [-0.15, -0.1) is 0 Å². The normalized spacial score (nSPS) is 11.8. The van der Waals surface area contributed by atoms with Crippen LogP contribution in [0, 0.1) is 5.82 Å². The van der Waals surface area contributed by atoms with E-state index in [9.17, 15) is 19.4 Å². The molecule has 0 radical (unpaired) electrons. The fourth-order valence-corrected chi connectivity index (χ4v) is 1.75. The number of benzene rings is 2. The van der Waals surface area contributed by atoms with Gasteiger partial charge in [0.15, 0.2) is 6.04 Å². The van der Waals surface area contributed by atoms with E-state index in [1.807, 2.05) is 0 Å². The predicted molar refractivity (Wildman–Crippen MR) is 68.5 cm³/mol. The summed E-state index contributed by atoms with van der Waals surface area (Å²) in [5.41, 5.74) is 0.551. The van der Waals surface area contributed by atoms with Crippen molar-refractivity contribution in [3.8, 4) is 5.75 Å². The molecule has 0 amide bonds. The average Bonchev–Trinajstić information content (AvgIpc) is 2.37. The predicted octanol–water partition coefficient (Wildman–Crippen LogP) is 2.77. The number of carbonyl (C=O) groups is 1. The van der Waals surface area contributed by atoms with E-state index in [0.29, 0.717) is 5.69 Å². The van der Waals surface area contributed by atoms with Crippen LogP contribution in [0.25, 0.3) is 0 Å². The van der Waals surface area contributed by atoms with Gasteiger partial charge in [-0.25, -0.2) is 9.18 Å². The first-order valence-electron chi connectivity index (χ1n) is 5.61. The Morgan fingerprint density at radius 2 is 1.89 bits per heavy atom. The molecule has 98 valence electrons. The van der Waals surface area contributed by atoms with Crippen LogP contribution in [0.1, 0.15) is 11.6 Å². The van der Waals surface area contributed by atoms with Crippen LogP contribution < -0.4 is 5.32 Å². The summed E-state index contributed by atoms with van der Waals surface area (Å²) < 4.78 is 13.1. The van der Waals surface area contributed by atoms with E-state index in [4.69, 9.17) is 0 Å². The Kier molecular flexibility index (Phi) is 3.66. The molecule has 19 heavy (non-hydrogen) atoms. The lowest BCUT2D eigenvalue weighted by molar-refractivity contribution is -0.138. The first-order chi connectivity index (χ1) is 9.08. The van der Waals surface area contributed by atoms with Crippen molar-refractivity contribution in [2.24, 2.45) is 0 Å². The monoisotopic (exact) mass is 261 g/mol. The molecule has 4 nitrogen and oxygen atoms in total. The molecule has 0 fully saturated rings. The number of anilines is 1. The van der Waals surface area contributed by atoms with E-state index < -0.39 is 17.8 Å². The molecular formula is C14H12FNO3. The molecule has 0 aliphatic rings. The second-order valence-corrected chi connectivity index (χ2v) is 3.98. The molecule has 2 rings (SSSR count). The second-order valence-electron chi connectivity index (χ2n) is 3.98. The zero-order chi connectivity index (χ0) is 13.8. The number of aliphatic carboxylic acids is 1. The van der Waals surface area contributed by atoms with Crippen LogP contribution in [-0.2, 0) is 4.79 Å². The third kappa shape index (κ3) is 3.01. The number of phenols is 1. The molecule has 3 N–H and O–H groups in total.